The Morgan fingerprint density at radius 3 is 2.29 bits per heavy atom. The van der Waals surface area contributed by atoms with E-state index in [1.807, 2.05) is 0 Å². The minimum Gasteiger partial charge on any atom is -0.386 e. The number of hydrogen-bond donors (Lipinski definition) is 1. The Balaban J connectivity index is 3.30. The smallest absolute Gasteiger partial charge is 0.146 e. The van der Waals surface area contributed by atoms with Crippen LogP contribution in [0.4, 0.5) is 8.78 Å². The van der Waals surface area contributed by atoms with Crippen LogP contribution >= 0.6 is 15.9 Å². The van der Waals surface area contributed by atoms with E-state index in [1.165, 1.54) is 6.07 Å². The van der Waals surface area contributed by atoms with Gasteiger partial charge in [-0.05, 0) is 56.0 Å². The van der Waals surface area contributed by atoms with Gasteiger partial charge in [-0.15, -0.1) is 0 Å². The van der Waals surface area contributed by atoms with Crippen LogP contribution in [0.5, 0.6) is 0 Å². The van der Waals surface area contributed by atoms with Gasteiger partial charge in [-0.25, -0.2) is 8.78 Å². The number of aliphatic hydroxyl groups excluding tert-OH is 1. The van der Waals surface area contributed by atoms with E-state index >= 15 is 0 Å². The van der Waals surface area contributed by atoms with E-state index in [2.05, 4.69) is 15.9 Å². The van der Waals surface area contributed by atoms with Crippen LogP contribution < -0.4 is 0 Å². The second-order valence-corrected chi connectivity index (χ2v) is 5.56. The van der Waals surface area contributed by atoms with Gasteiger partial charge < -0.3 is 10.0 Å². The Labute approximate surface area is 108 Å². The molecule has 1 rings (SSSR count). The number of benzene rings is 1. The van der Waals surface area contributed by atoms with Crippen LogP contribution in [0, 0.1) is 11.6 Å². The third-order valence-electron chi connectivity index (χ3n) is 3.17. The van der Waals surface area contributed by atoms with Gasteiger partial charge >= 0.3 is 0 Å². The molecule has 0 heterocycles. The first kappa shape index (κ1) is 14.5. The second-order valence-electron chi connectivity index (χ2n) is 4.71. The monoisotopic (exact) mass is 307 g/mol. The summed E-state index contributed by atoms with van der Waals surface area (Å²) in [4.78, 5) is 1.72. The molecule has 0 aliphatic rings. The summed E-state index contributed by atoms with van der Waals surface area (Å²) < 4.78 is 27.6. The first-order valence-electron chi connectivity index (χ1n) is 5.18. The van der Waals surface area contributed by atoms with Gasteiger partial charge in [0.15, 0.2) is 0 Å². The summed E-state index contributed by atoms with van der Waals surface area (Å²) in [6.07, 6.45) is -1.25. The standard InChI is InChI=1S/C12H16BrF2NO/c1-12(2,16(3)4)11(17)9-8(14)6-5-7(13)10(9)15/h5-6,11,17H,1-4H3. The predicted molar refractivity (Wildman–Crippen MR) is 66.8 cm³/mol. The van der Waals surface area contributed by atoms with Crippen LogP contribution in [0.25, 0.3) is 0 Å². The Hall–Kier alpha value is -0.520. The van der Waals surface area contributed by atoms with Crippen molar-refractivity contribution in [1.29, 1.82) is 0 Å². The molecule has 1 unspecified atom stereocenters. The van der Waals surface area contributed by atoms with Crippen LogP contribution in [-0.2, 0) is 0 Å². The number of nitrogens with zero attached hydrogens (tertiary/aromatic N) is 1. The molecule has 0 aliphatic heterocycles. The van der Waals surface area contributed by atoms with E-state index in [4.69, 9.17) is 0 Å². The summed E-state index contributed by atoms with van der Waals surface area (Å²) in [6.45, 7) is 3.44. The normalized spacial score (nSPS) is 14.2. The van der Waals surface area contributed by atoms with Crippen molar-refractivity contribution in [3.05, 3.63) is 33.8 Å². The number of aliphatic hydroxyl groups is 1. The van der Waals surface area contributed by atoms with Crippen molar-refractivity contribution in [3.63, 3.8) is 0 Å². The van der Waals surface area contributed by atoms with Crippen molar-refractivity contribution in [2.45, 2.75) is 25.5 Å². The van der Waals surface area contributed by atoms with Crippen LogP contribution in [-0.4, -0.2) is 29.6 Å². The van der Waals surface area contributed by atoms with E-state index < -0.39 is 23.3 Å². The molecule has 0 saturated carbocycles. The molecular weight excluding hydrogens is 292 g/mol. The molecule has 1 N–H and O–H groups in total. The summed E-state index contributed by atoms with van der Waals surface area (Å²) in [7, 11) is 3.49. The third-order valence-corrected chi connectivity index (χ3v) is 3.79. The van der Waals surface area contributed by atoms with Crippen molar-refractivity contribution in [2.24, 2.45) is 0 Å². The van der Waals surface area contributed by atoms with E-state index in [1.54, 1.807) is 32.8 Å². The first-order chi connectivity index (χ1) is 7.69. The van der Waals surface area contributed by atoms with Gasteiger partial charge in [0, 0.05) is 5.54 Å². The molecular formula is C12H16BrF2NO. The lowest BCUT2D eigenvalue weighted by Crippen LogP contribution is -2.44. The molecule has 0 saturated heterocycles. The summed E-state index contributed by atoms with van der Waals surface area (Å²) in [5, 5.41) is 10.2. The average Bonchev–Trinajstić information content (AvgIpc) is 2.23. The maximum absolute atomic E-state index is 13.8. The maximum atomic E-state index is 13.8. The van der Waals surface area contributed by atoms with Crippen LogP contribution in [0.15, 0.2) is 16.6 Å². The zero-order valence-corrected chi connectivity index (χ0v) is 11.8. The van der Waals surface area contributed by atoms with Gasteiger partial charge in [0.05, 0.1) is 10.0 Å². The first-order valence-corrected chi connectivity index (χ1v) is 5.97. The topological polar surface area (TPSA) is 23.5 Å². The van der Waals surface area contributed by atoms with Gasteiger partial charge in [-0.1, -0.05) is 0 Å². The van der Waals surface area contributed by atoms with Crippen LogP contribution in [0.3, 0.4) is 0 Å². The molecule has 0 spiro atoms. The molecule has 1 aromatic rings. The molecule has 0 fully saturated rings. The minimum atomic E-state index is -1.25. The zero-order chi connectivity index (χ0) is 13.4. The fourth-order valence-corrected chi connectivity index (χ4v) is 1.74. The number of likely N-dealkylation sites (N-methyl/N-ethyl adjacent to an activating group) is 1. The highest BCUT2D eigenvalue weighted by Gasteiger charge is 2.35. The molecule has 0 amide bonds. The Morgan fingerprint density at radius 1 is 1.29 bits per heavy atom. The van der Waals surface area contributed by atoms with E-state index in [0.717, 1.165) is 6.07 Å². The Morgan fingerprint density at radius 2 is 1.82 bits per heavy atom. The molecule has 0 aliphatic carbocycles. The summed E-state index contributed by atoms with van der Waals surface area (Å²) in [6, 6.07) is 2.42. The highest BCUT2D eigenvalue weighted by Crippen LogP contribution is 2.34. The van der Waals surface area contributed by atoms with E-state index in [-0.39, 0.29) is 10.0 Å². The highest BCUT2D eigenvalue weighted by atomic mass is 79.9. The lowest BCUT2D eigenvalue weighted by Gasteiger charge is -2.37. The Kier molecular flexibility index (Phi) is 4.28. The van der Waals surface area contributed by atoms with E-state index in [9.17, 15) is 13.9 Å². The maximum Gasteiger partial charge on any atom is 0.146 e. The fourth-order valence-electron chi connectivity index (χ4n) is 1.39. The molecule has 1 aromatic carbocycles. The SMILES string of the molecule is CN(C)C(C)(C)C(O)c1c(F)ccc(Br)c1F. The van der Waals surface area contributed by atoms with Crippen molar-refractivity contribution >= 4 is 15.9 Å². The number of halogens is 3. The number of rotatable bonds is 3. The van der Waals surface area contributed by atoms with E-state index in [0.29, 0.717) is 0 Å². The highest BCUT2D eigenvalue weighted by molar-refractivity contribution is 9.10. The van der Waals surface area contributed by atoms with Crippen LogP contribution in [0.2, 0.25) is 0 Å². The summed E-state index contributed by atoms with van der Waals surface area (Å²) in [5.41, 5.74) is -1.08. The van der Waals surface area contributed by atoms with Gasteiger partial charge in [-0.2, -0.15) is 0 Å². The van der Waals surface area contributed by atoms with Crippen LogP contribution in [0.1, 0.15) is 25.5 Å². The predicted octanol–water partition coefficient (Wildman–Crippen LogP) is 3.10. The fraction of sp³-hybridized carbons (Fsp3) is 0.500. The lowest BCUT2D eigenvalue weighted by molar-refractivity contribution is 0.0117. The van der Waals surface area contributed by atoms with Crippen molar-refractivity contribution in [2.75, 3.05) is 14.1 Å². The van der Waals surface area contributed by atoms with Crippen molar-refractivity contribution in [1.82, 2.24) is 4.90 Å². The minimum absolute atomic E-state index is 0.141. The third kappa shape index (κ3) is 2.67. The lowest BCUT2D eigenvalue weighted by atomic mass is 9.89. The molecule has 17 heavy (non-hydrogen) atoms. The largest absolute Gasteiger partial charge is 0.386 e. The van der Waals surface area contributed by atoms with Gasteiger partial charge in [0.25, 0.3) is 0 Å². The molecule has 0 bridgehead atoms. The van der Waals surface area contributed by atoms with Gasteiger partial charge in [0.1, 0.15) is 17.7 Å². The average molecular weight is 308 g/mol. The molecule has 5 heteroatoms. The molecule has 0 aromatic heterocycles. The molecule has 1 atom stereocenters. The van der Waals surface area contributed by atoms with Gasteiger partial charge in [0.2, 0.25) is 0 Å². The number of hydrogen-bond acceptors (Lipinski definition) is 2. The van der Waals surface area contributed by atoms with Crippen molar-refractivity contribution in [3.8, 4) is 0 Å². The second kappa shape index (κ2) is 5.00. The molecule has 0 radical (unpaired) electrons. The quantitative estimate of drug-likeness (QED) is 0.867. The molecule has 2 nitrogen and oxygen atoms in total. The van der Waals surface area contributed by atoms with Crippen molar-refractivity contribution < 1.29 is 13.9 Å². The Bertz CT molecular complexity index is 421. The van der Waals surface area contributed by atoms with Gasteiger partial charge in [-0.3, -0.25) is 0 Å². The zero-order valence-electron chi connectivity index (χ0n) is 10.3. The summed E-state index contributed by atoms with van der Waals surface area (Å²) in [5.74, 6) is -1.50. The molecule has 96 valence electrons. The summed E-state index contributed by atoms with van der Waals surface area (Å²) >= 11 is 2.99.